The van der Waals surface area contributed by atoms with Gasteiger partial charge in [0.2, 0.25) is 0 Å². The highest BCUT2D eigenvalue weighted by Gasteiger charge is 2.53. The van der Waals surface area contributed by atoms with Gasteiger partial charge in [0.1, 0.15) is 0 Å². The van der Waals surface area contributed by atoms with E-state index < -0.39 is 0 Å². The molecule has 1 saturated heterocycles. The fourth-order valence-electron chi connectivity index (χ4n) is 4.76. The van der Waals surface area contributed by atoms with Crippen LogP contribution < -0.4 is 0 Å². The maximum atomic E-state index is 13.3. The second-order valence-corrected chi connectivity index (χ2v) is 8.81. The van der Waals surface area contributed by atoms with Gasteiger partial charge in [-0.1, -0.05) is 13.8 Å². The molecule has 1 aliphatic heterocycles. The van der Waals surface area contributed by atoms with Crippen LogP contribution >= 0.6 is 11.3 Å². The molecule has 23 heavy (non-hydrogen) atoms. The van der Waals surface area contributed by atoms with Gasteiger partial charge in [-0.15, -0.1) is 11.3 Å². The molecule has 2 fully saturated rings. The molecule has 0 amide bonds. The molecule has 0 N–H and O–H groups in total. The van der Waals surface area contributed by atoms with E-state index in [2.05, 4.69) is 35.9 Å². The second kappa shape index (κ2) is 4.64. The van der Waals surface area contributed by atoms with E-state index in [1.807, 2.05) is 5.51 Å². The monoisotopic (exact) mass is 326 g/mol. The Bertz CT molecular complexity index is 809. The molecule has 3 atom stereocenters. The number of aromatic nitrogens is 1. The molecular weight excluding hydrogens is 304 g/mol. The van der Waals surface area contributed by atoms with Crippen molar-refractivity contribution in [1.29, 1.82) is 0 Å². The summed E-state index contributed by atoms with van der Waals surface area (Å²) in [5.74, 6) is 1.57. The van der Waals surface area contributed by atoms with Gasteiger partial charge in [-0.25, -0.2) is 4.98 Å². The number of rotatable bonds is 2. The van der Waals surface area contributed by atoms with E-state index in [4.69, 9.17) is 0 Å². The van der Waals surface area contributed by atoms with E-state index in [0.717, 1.165) is 41.2 Å². The van der Waals surface area contributed by atoms with Crippen molar-refractivity contribution in [2.75, 3.05) is 13.1 Å². The Morgan fingerprint density at radius 2 is 2.22 bits per heavy atom. The van der Waals surface area contributed by atoms with Crippen LogP contribution in [0.1, 0.15) is 49.0 Å². The van der Waals surface area contributed by atoms with E-state index in [0.29, 0.717) is 11.7 Å². The highest BCUT2D eigenvalue weighted by Crippen LogP contribution is 2.50. The molecule has 2 bridgehead atoms. The van der Waals surface area contributed by atoms with Gasteiger partial charge in [0.15, 0.2) is 5.78 Å². The van der Waals surface area contributed by atoms with Gasteiger partial charge >= 0.3 is 0 Å². The van der Waals surface area contributed by atoms with E-state index in [1.54, 1.807) is 11.3 Å². The van der Waals surface area contributed by atoms with Gasteiger partial charge in [-0.2, -0.15) is 0 Å². The van der Waals surface area contributed by atoms with Crippen molar-refractivity contribution in [2.24, 2.45) is 11.8 Å². The number of carbonyl (C=O) groups is 1. The largest absolute Gasteiger partial charge is 0.293 e. The molecule has 1 aromatic carbocycles. The molecule has 2 heterocycles. The molecule has 2 aromatic rings. The maximum Gasteiger partial charge on any atom is 0.180 e. The molecule has 1 saturated carbocycles. The quantitative estimate of drug-likeness (QED) is 0.840. The number of Topliss-reactive ketones (excluding diaryl/α,β-unsaturated/α-hetero) is 1. The number of carbonyl (C=O) groups excluding carboxylic acids is 1. The lowest BCUT2D eigenvalue weighted by atomic mass is 9.58. The van der Waals surface area contributed by atoms with Crippen LogP contribution in [0.15, 0.2) is 17.6 Å². The minimum atomic E-state index is 0.0761. The molecule has 3 unspecified atom stereocenters. The molecule has 120 valence electrons. The summed E-state index contributed by atoms with van der Waals surface area (Å²) in [6, 6.07) is 4.39. The number of benzene rings is 1. The summed E-state index contributed by atoms with van der Waals surface area (Å²) in [5, 5.41) is 0. The Kier molecular flexibility index (Phi) is 2.85. The van der Waals surface area contributed by atoms with Crippen LogP contribution in [0.3, 0.4) is 0 Å². The lowest BCUT2D eigenvalue weighted by Gasteiger charge is -2.53. The first-order chi connectivity index (χ1) is 11.1. The van der Waals surface area contributed by atoms with E-state index in [9.17, 15) is 4.79 Å². The summed E-state index contributed by atoms with van der Waals surface area (Å²) in [6.45, 7) is 6.83. The zero-order chi connectivity index (χ0) is 15.8. The first kappa shape index (κ1) is 14.1. The highest BCUT2D eigenvalue weighted by molar-refractivity contribution is 7.16. The van der Waals surface area contributed by atoms with E-state index in [-0.39, 0.29) is 11.5 Å². The average molecular weight is 326 g/mol. The van der Waals surface area contributed by atoms with Crippen LogP contribution in [0.4, 0.5) is 0 Å². The fraction of sp³-hybridized carbons (Fsp3) is 0.579. The molecule has 0 spiro atoms. The summed E-state index contributed by atoms with van der Waals surface area (Å²) in [5.41, 5.74) is 5.25. The summed E-state index contributed by atoms with van der Waals surface area (Å²) in [7, 11) is 0. The van der Waals surface area contributed by atoms with Gasteiger partial charge in [-0.3, -0.25) is 9.69 Å². The van der Waals surface area contributed by atoms with E-state index >= 15 is 0 Å². The Labute approximate surface area is 140 Å². The Balaban J connectivity index is 1.66. The Hall–Kier alpha value is -1.26. The molecule has 4 heteroatoms. The minimum absolute atomic E-state index is 0.0761. The molecule has 5 rings (SSSR count). The standard InChI is InChI=1S/C19H22N2OS/c1-11-17-18(22)13-7-16-15(20-10-23-16)8-14(13)19(11,2)5-6-21(17)9-12-3-4-12/h7-8,10-12,17H,3-6,9H2,1-2H3. The third kappa shape index (κ3) is 1.91. The van der Waals surface area contributed by atoms with Crippen LogP contribution in [-0.2, 0) is 5.41 Å². The van der Waals surface area contributed by atoms with Crippen molar-refractivity contribution >= 4 is 27.3 Å². The molecular formula is C19H22N2OS. The first-order valence-corrected chi connectivity index (χ1v) is 9.62. The van der Waals surface area contributed by atoms with Gasteiger partial charge in [0.25, 0.3) is 0 Å². The minimum Gasteiger partial charge on any atom is -0.293 e. The third-order valence-corrected chi connectivity index (χ3v) is 7.39. The van der Waals surface area contributed by atoms with Crippen molar-refractivity contribution in [3.63, 3.8) is 0 Å². The third-order valence-electron chi connectivity index (χ3n) is 6.60. The van der Waals surface area contributed by atoms with Crippen LogP contribution in [0.25, 0.3) is 10.2 Å². The van der Waals surface area contributed by atoms with Gasteiger partial charge in [0.05, 0.1) is 21.8 Å². The second-order valence-electron chi connectivity index (χ2n) is 7.92. The number of fused-ring (bicyclic) bond motifs is 5. The van der Waals surface area contributed by atoms with Gasteiger partial charge < -0.3 is 0 Å². The lowest BCUT2D eigenvalue weighted by Crippen LogP contribution is -2.61. The van der Waals surface area contributed by atoms with Crippen LogP contribution in [0, 0.1) is 11.8 Å². The van der Waals surface area contributed by atoms with Crippen molar-refractivity contribution in [3.8, 4) is 0 Å². The predicted octanol–water partition coefficient (Wildman–Crippen LogP) is 3.87. The number of hydrogen-bond donors (Lipinski definition) is 0. The topological polar surface area (TPSA) is 33.2 Å². The zero-order valence-corrected chi connectivity index (χ0v) is 14.5. The number of piperidine rings is 1. The average Bonchev–Trinajstić information content (AvgIpc) is 3.23. The zero-order valence-electron chi connectivity index (χ0n) is 13.7. The van der Waals surface area contributed by atoms with Crippen molar-refractivity contribution in [1.82, 2.24) is 9.88 Å². The fourth-order valence-corrected chi connectivity index (χ4v) is 5.45. The number of ketones is 1. The molecule has 2 aliphatic carbocycles. The molecule has 3 aliphatic rings. The molecule has 1 aromatic heterocycles. The lowest BCUT2D eigenvalue weighted by molar-refractivity contribution is 0.0267. The molecule has 3 nitrogen and oxygen atoms in total. The highest BCUT2D eigenvalue weighted by atomic mass is 32.1. The first-order valence-electron chi connectivity index (χ1n) is 8.74. The van der Waals surface area contributed by atoms with Gasteiger partial charge in [-0.05, 0) is 60.8 Å². The van der Waals surface area contributed by atoms with Crippen LogP contribution in [0.5, 0.6) is 0 Å². The number of thiazole rings is 1. The van der Waals surface area contributed by atoms with E-state index in [1.165, 1.54) is 18.4 Å². The number of nitrogens with zero attached hydrogens (tertiary/aromatic N) is 2. The van der Waals surface area contributed by atoms with Crippen LogP contribution in [-0.4, -0.2) is 34.8 Å². The predicted molar refractivity (Wildman–Crippen MR) is 93.2 cm³/mol. The van der Waals surface area contributed by atoms with Crippen molar-refractivity contribution in [3.05, 3.63) is 28.8 Å². The smallest absolute Gasteiger partial charge is 0.180 e. The SMILES string of the molecule is CC1C2C(=O)c3cc4scnc4cc3C1(C)CCN2CC1CC1. The Morgan fingerprint density at radius 3 is 3.00 bits per heavy atom. The summed E-state index contributed by atoms with van der Waals surface area (Å²) < 4.78 is 1.14. The van der Waals surface area contributed by atoms with Gasteiger partial charge in [0, 0.05) is 12.1 Å². The maximum absolute atomic E-state index is 13.3. The van der Waals surface area contributed by atoms with Crippen molar-refractivity contribution < 1.29 is 4.79 Å². The summed E-state index contributed by atoms with van der Waals surface area (Å²) in [6.07, 6.45) is 3.84. The number of hydrogen-bond acceptors (Lipinski definition) is 4. The molecule has 0 radical (unpaired) electrons. The number of likely N-dealkylation sites (tertiary alicyclic amines) is 1. The van der Waals surface area contributed by atoms with Crippen LogP contribution in [0.2, 0.25) is 0 Å². The normalized spacial score (nSPS) is 33.9. The van der Waals surface area contributed by atoms with Crippen molar-refractivity contribution in [2.45, 2.75) is 44.6 Å². The summed E-state index contributed by atoms with van der Waals surface area (Å²) >= 11 is 1.63. The Morgan fingerprint density at radius 1 is 1.39 bits per heavy atom. The summed E-state index contributed by atoms with van der Waals surface area (Å²) in [4.78, 5) is 20.3.